The maximum absolute atomic E-state index is 11.7. The lowest BCUT2D eigenvalue weighted by Crippen LogP contribution is -2.41. The third-order valence-electron chi connectivity index (χ3n) is 3.09. The Morgan fingerprint density at radius 2 is 2.09 bits per heavy atom. The lowest BCUT2D eigenvalue weighted by molar-refractivity contribution is -0.124. The van der Waals surface area contributed by atoms with E-state index < -0.39 is 0 Å². The minimum atomic E-state index is -0.363. The Kier molecular flexibility index (Phi) is 5.65. The standard InChI is InChI=1S/C14H17N3O4S/c1-21-11-5-3-2-4-10(11)8-16-13(19)15-6-7-17-12(18)9-22-14(17)20/h2-5H,6-9H2,1H3,(H2,15,16,19). The molecule has 4 amide bonds. The van der Waals surface area contributed by atoms with Crippen LogP contribution in [-0.4, -0.2) is 48.0 Å². The summed E-state index contributed by atoms with van der Waals surface area (Å²) in [6, 6.07) is 7.02. The Labute approximate surface area is 132 Å². The Morgan fingerprint density at radius 1 is 1.32 bits per heavy atom. The van der Waals surface area contributed by atoms with Crippen molar-refractivity contribution in [2.45, 2.75) is 6.54 Å². The second-order valence-corrected chi connectivity index (χ2v) is 5.45. The number of benzene rings is 1. The van der Waals surface area contributed by atoms with Crippen molar-refractivity contribution in [1.82, 2.24) is 15.5 Å². The van der Waals surface area contributed by atoms with Crippen LogP contribution < -0.4 is 15.4 Å². The minimum Gasteiger partial charge on any atom is -0.496 e. The molecule has 2 N–H and O–H groups in total. The van der Waals surface area contributed by atoms with Crippen LogP contribution in [-0.2, 0) is 11.3 Å². The molecule has 0 spiro atoms. The number of nitrogens with one attached hydrogen (secondary N) is 2. The van der Waals surface area contributed by atoms with Gasteiger partial charge in [0.1, 0.15) is 5.75 Å². The van der Waals surface area contributed by atoms with Gasteiger partial charge in [0.2, 0.25) is 5.91 Å². The first-order valence-corrected chi connectivity index (χ1v) is 7.71. The molecule has 0 bridgehead atoms. The maximum Gasteiger partial charge on any atom is 0.315 e. The molecule has 118 valence electrons. The molecule has 1 fully saturated rings. The highest BCUT2D eigenvalue weighted by Crippen LogP contribution is 2.18. The van der Waals surface area contributed by atoms with Gasteiger partial charge in [-0.1, -0.05) is 30.0 Å². The summed E-state index contributed by atoms with van der Waals surface area (Å²) in [6.45, 7) is 0.732. The SMILES string of the molecule is COc1ccccc1CNC(=O)NCCN1C(=O)CSC1=O. The number of ether oxygens (including phenoxy) is 1. The van der Waals surface area contributed by atoms with Crippen LogP contribution in [0.5, 0.6) is 5.75 Å². The molecule has 1 aromatic carbocycles. The van der Waals surface area contributed by atoms with Gasteiger partial charge < -0.3 is 15.4 Å². The van der Waals surface area contributed by atoms with Crippen molar-refractivity contribution in [1.29, 1.82) is 0 Å². The number of para-hydroxylation sites is 1. The molecule has 1 aliphatic heterocycles. The molecule has 7 nitrogen and oxygen atoms in total. The number of hydrogen-bond acceptors (Lipinski definition) is 5. The number of imide groups is 1. The smallest absolute Gasteiger partial charge is 0.315 e. The third kappa shape index (κ3) is 4.14. The highest BCUT2D eigenvalue weighted by atomic mass is 32.2. The molecule has 0 atom stereocenters. The first kappa shape index (κ1) is 16.2. The second-order valence-electron chi connectivity index (χ2n) is 4.52. The summed E-state index contributed by atoms with van der Waals surface area (Å²) in [7, 11) is 1.57. The van der Waals surface area contributed by atoms with E-state index in [1.165, 1.54) is 0 Å². The van der Waals surface area contributed by atoms with Gasteiger partial charge in [0.05, 0.1) is 12.9 Å². The van der Waals surface area contributed by atoms with E-state index in [-0.39, 0.29) is 36.0 Å². The maximum atomic E-state index is 11.7. The highest BCUT2D eigenvalue weighted by molar-refractivity contribution is 8.14. The molecule has 1 aliphatic rings. The van der Waals surface area contributed by atoms with Crippen LogP contribution in [0.2, 0.25) is 0 Å². The summed E-state index contributed by atoms with van der Waals surface area (Å²) in [5.41, 5.74) is 0.862. The first-order chi connectivity index (χ1) is 10.6. The number of carbonyl (C=O) groups excluding carboxylic acids is 3. The first-order valence-electron chi connectivity index (χ1n) is 6.72. The molecule has 0 aliphatic carbocycles. The average Bonchev–Trinajstić information content (AvgIpc) is 2.85. The van der Waals surface area contributed by atoms with Crippen molar-refractivity contribution in [2.75, 3.05) is 26.0 Å². The fraction of sp³-hybridized carbons (Fsp3) is 0.357. The van der Waals surface area contributed by atoms with Gasteiger partial charge in [0.15, 0.2) is 0 Å². The summed E-state index contributed by atoms with van der Waals surface area (Å²) in [6.07, 6.45) is 0. The number of hydrogen-bond donors (Lipinski definition) is 2. The van der Waals surface area contributed by atoms with Crippen LogP contribution in [0.3, 0.4) is 0 Å². The Bertz CT molecular complexity index is 563. The van der Waals surface area contributed by atoms with Gasteiger partial charge >= 0.3 is 6.03 Å². The molecule has 8 heteroatoms. The topological polar surface area (TPSA) is 87.7 Å². The van der Waals surface area contributed by atoms with E-state index in [9.17, 15) is 14.4 Å². The van der Waals surface area contributed by atoms with Crippen molar-refractivity contribution in [2.24, 2.45) is 0 Å². The highest BCUT2D eigenvalue weighted by Gasteiger charge is 2.29. The van der Waals surface area contributed by atoms with Crippen LogP contribution in [0.25, 0.3) is 0 Å². The molecular formula is C14H17N3O4S. The summed E-state index contributed by atoms with van der Waals surface area (Å²) < 4.78 is 5.19. The molecule has 2 rings (SSSR count). The Hall–Kier alpha value is -2.22. The number of urea groups is 1. The van der Waals surface area contributed by atoms with E-state index in [0.717, 1.165) is 22.2 Å². The molecule has 0 aromatic heterocycles. The van der Waals surface area contributed by atoms with Crippen molar-refractivity contribution in [3.8, 4) is 5.75 Å². The number of methoxy groups -OCH3 is 1. The van der Waals surface area contributed by atoms with E-state index in [1.54, 1.807) is 7.11 Å². The summed E-state index contributed by atoms with van der Waals surface area (Å²) >= 11 is 0.979. The van der Waals surface area contributed by atoms with E-state index in [4.69, 9.17) is 4.74 Å². The quantitative estimate of drug-likeness (QED) is 0.821. The Balaban J connectivity index is 1.72. The second kappa shape index (κ2) is 7.69. The summed E-state index contributed by atoms with van der Waals surface area (Å²) in [4.78, 5) is 35.6. The van der Waals surface area contributed by atoms with Gasteiger partial charge in [-0.05, 0) is 6.07 Å². The van der Waals surface area contributed by atoms with E-state index >= 15 is 0 Å². The van der Waals surface area contributed by atoms with Gasteiger partial charge in [-0.25, -0.2) is 4.79 Å². The van der Waals surface area contributed by atoms with Crippen LogP contribution in [0.15, 0.2) is 24.3 Å². The van der Waals surface area contributed by atoms with E-state index in [2.05, 4.69) is 10.6 Å². The monoisotopic (exact) mass is 323 g/mol. The van der Waals surface area contributed by atoms with Crippen LogP contribution in [0, 0.1) is 0 Å². The molecule has 0 unspecified atom stereocenters. The largest absolute Gasteiger partial charge is 0.496 e. The number of amides is 4. The molecule has 0 saturated carbocycles. The van der Waals surface area contributed by atoms with Gasteiger partial charge in [-0.3, -0.25) is 14.5 Å². The average molecular weight is 323 g/mol. The predicted octanol–water partition coefficient (Wildman–Crippen LogP) is 1.19. The van der Waals surface area contributed by atoms with Crippen molar-refractivity contribution in [3.63, 3.8) is 0 Å². The van der Waals surface area contributed by atoms with Crippen LogP contribution in [0.1, 0.15) is 5.56 Å². The Morgan fingerprint density at radius 3 is 2.77 bits per heavy atom. The number of thioether (sulfide) groups is 1. The summed E-state index contributed by atoms with van der Waals surface area (Å²) in [5, 5.41) is 5.05. The minimum absolute atomic E-state index is 0.179. The van der Waals surface area contributed by atoms with Crippen LogP contribution in [0.4, 0.5) is 9.59 Å². The van der Waals surface area contributed by atoms with Gasteiger partial charge in [0, 0.05) is 25.2 Å². The fourth-order valence-electron chi connectivity index (χ4n) is 1.97. The molecule has 1 aromatic rings. The van der Waals surface area contributed by atoms with Crippen LogP contribution >= 0.6 is 11.8 Å². The number of carbonyl (C=O) groups is 3. The fourth-order valence-corrected chi connectivity index (χ4v) is 2.72. The summed E-state index contributed by atoms with van der Waals surface area (Å²) in [5.74, 6) is 0.665. The van der Waals surface area contributed by atoms with Crippen molar-refractivity contribution in [3.05, 3.63) is 29.8 Å². The molecule has 0 radical (unpaired) electrons. The molecule has 1 saturated heterocycles. The molecule has 1 heterocycles. The number of nitrogens with zero attached hydrogens (tertiary/aromatic N) is 1. The molecule has 22 heavy (non-hydrogen) atoms. The van der Waals surface area contributed by atoms with Gasteiger partial charge in [-0.2, -0.15) is 0 Å². The predicted molar refractivity (Wildman–Crippen MR) is 82.8 cm³/mol. The zero-order valence-corrected chi connectivity index (χ0v) is 12.9. The third-order valence-corrected chi connectivity index (χ3v) is 3.95. The van der Waals surface area contributed by atoms with E-state index in [0.29, 0.717) is 12.3 Å². The lowest BCUT2D eigenvalue weighted by atomic mass is 10.2. The normalized spacial score (nSPS) is 14.1. The van der Waals surface area contributed by atoms with E-state index in [1.807, 2.05) is 24.3 Å². The van der Waals surface area contributed by atoms with Crippen molar-refractivity contribution < 1.29 is 19.1 Å². The lowest BCUT2D eigenvalue weighted by Gasteiger charge is -2.14. The molecular weight excluding hydrogens is 306 g/mol. The van der Waals surface area contributed by atoms with Gasteiger partial charge in [0.25, 0.3) is 5.24 Å². The number of rotatable bonds is 6. The zero-order chi connectivity index (χ0) is 15.9. The van der Waals surface area contributed by atoms with Gasteiger partial charge in [-0.15, -0.1) is 0 Å². The zero-order valence-electron chi connectivity index (χ0n) is 12.1. The van der Waals surface area contributed by atoms with Crippen molar-refractivity contribution >= 4 is 28.9 Å².